The summed E-state index contributed by atoms with van der Waals surface area (Å²) in [6, 6.07) is 8.24. The summed E-state index contributed by atoms with van der Waals surface area (Å²) in [6.07, 6.45) is 1.48. The van der Waals surface area contributed by atoms with Gasteiger partial charge in [-0.3, -0.25) is 14.9 Å². The van der Waals surface area contributed by atoms with E-state index in [4.69, 9.17) is 4.42 Å². The van der Waals surface area contributed by atoms with E-state index in [1.54, 1.807) is 25.2 Å². The first-order valence-corrected chi connectivity index (χ1v) is 7.89. The lowest BCUT2D eigenvalue weighted by molar-refractivity contribution is -0.862. The van der Waals surface area contributed by atoms with Gasteiger partial charge in [-0.2, -0.15) is 0 Å². The lowest BCUT2D eigenvalue weighted by Crippen LogP contribution is -3.11. The van der Waals surface area contributed by atoms with Crippen LogP contribution in [0.15, 0.2) is 47.1 Å². The van der Waals surface area contributed by atoms with Gasteiger partial charge in [0.25, 0.3) is 11.8 Å². The summed E-state index contributed by atoms with van der Waals surface area (Å²) >= 11 is 0. The van der Waals surface area contributed by atoms with E-state index in [0.29, 0.717) is 16.3 Å². The van der Waals surface area contributed by atoms with Crippen molar-refractivity contribution in [1.29, 1.82) is 0 Å². The minimum Gasteiger partial charge on any atom is -0.467 e. The van der Waals surface area contributed by atoms with Gasteiger partial charge >= 0.3 is 6.03 Å². The summed E-state index contributed by atoms with van der Waals surface area (Å²) in [5, 5.41) is 7.19. The molecule has 1 heterocycles. The Morgan fingerprint density at radius 2 is 1.88 bits per heavy atom. The Kier molecular flexibility index (Phi) is 6.86. The Morgan fingerprint density at radius 1 is 1.12 bits per heavy atom. The van der Waals surface area contributed by atoms with Crippen LogP contribution in [0.1, 0.15) is 5.76 Å². The number of nitrogens with one attached hydrogen (secondary N) is 4. The summed E-state index contributed by atoms with van der Waals surface area (Å²) < 4.78 is 18.1. The minimum absolute atomic E-state index is 0.0159. The molecule has 9 heteroatoms. The van der Waals surface area contributed by atoms with Crippen LogP contribution in [0.25, 0.3) is 0 Å². The molecule has 0 saturated heterocycles. The molecule has 0 bridgehead atoms. The maximum Gasteiger partial charge on any atom is 0.321 e. The fraction of sp³-hybridized carbons (Fsp3) is 0.235. The molecule has 138 valence electrons. The van der Waals surface area contributed by atoms with Gasteiger partial charge in [0.05, 0.1) is 19.9 Å². The van der Waals surface area contributed by atoms with Gasteiger partial charge in [0.15, 0.2) is 13.1 Å². The second-order valence-electron chi connectivity index (χ2n) is 5.68. The summed E-state index contributed by atoms with van der Waals surface area (Å²) in [4.78, 5) is 35.9. The largest absolute Gasteiger partial charge is 0.467 e. The number of furan rings is 1. The average molecular weight is 363 g/mol. The SMILES string of the molecule is C[NH+](CC(=O)NC(=O)NCc1ccco1)CC(=O)Nc1cccc(F)c1. The minimum atomic E-state index is -0.650. The van der Waals surface area contributed by atoms with E-state index in [1.165, 1.54) is 24.5 Å². The fourth-order valence-corrected chi connectivity index (χ4v) is 2.18. The molecule has 0 radical (unpaired) electrons. The molecule has 1 atom stereocenters. The van der Waals surface area contributed by atoms with Crippen molar-refractivity contribution in [3.8, 4) is 0 Å². The van der Waals surface area contributed by atoms with Crippen molar-refractivity contribution >= 4 is 23.5 Å². The fourth-order valence-electron chi connectivity index (χ4n) is 2.18. The van der Waals surface area contributed by atoms with E-state index in [1.807, 2.05) is 0 Å². The molecule has 0 aliphatic carbocycles. The van der Waals surface area contributed by atoms with Crippen molar-refractivity contribution in [2.75, 3.05) is 25.5 Å². The molecule has 2 rings (SSSR count). The first-order chi connectivity index (χ1) is 12.4. The van der Waals surface area contributed by atoms with Crippen molar-refractivity contribution < 1.29 is 28.1 Å². The van der Waals surface area contributed by atoms with E-state index < -0.39 is 17.8 Å². The number of likely N-dealkylation sites (N-methyl/N-ethyl adjacent to an activating group) is 1. The molecular weight excluding hydrogens is 343 g/mol. The molecule has 4 N–H and O–H groups in total. The molecule has 1 unspecified atom stereocenters. The number of carbonyl (C=O) groups excluding carboxylic acids is 3. The van der Waals surface area contributed by atoms with Crippen LogP contribution in [-0.4, -0.2) is 38.0 Å². The number of hydrogen-bond donors (Lipinski definition) is 4. The van der Waals surface area contributed by atoms with E-state index >= 15 is 0 Å². The van der Waals surface area contributed by atoms with Gasteiger partial charge in [-0.25, -0.2) is 9.18 Å². The standard InChI is InChI=1S/C17H19FN4O4/c1-22(10-15(23)20-13-5-2-4-12(18)8-13)11-16(24)21-17(25)19-9-14-6-3-7-26-14/h2-8H,9-11H2,1H3,(H,20,23)(H2,19,21,24,25)/p+1. The summed E-state index contributed by atoms with van der Waals surface area (Å²) in [6.45, 7) is 0.0630. The molecule has 0 spiro atoms. The molecular formula is C17H20FN4O4+. The van der Waals surface area contributed by atoms with Crippen LogP contribution in [-0.2, 0) is 16.1 Å². The molecule has 0 fully saturated rings. The Bertz CT molecular complexity index is 764. The van der Waals surface area contributed by atoms with Crippen LogP contribution < -0.4 is 20.9 Å². The first-order valence-electron chi connectivity index (χ1n) is 7.89. The van der Waals surface area contributed by atoms with Crippen LogP contribution >= 0.6 is 0 Å². The monoisotopic (exact) mass is 363 g/mol. The summed E-state index contributed by atoms with van der Waals surface area (Å²) in [5.41, 5.74) is 0.338. The molecule has 4 amide bonds. The zero-order valence-corrected chi connectivity index (χ0v) is 14.2. The zero-order valence-electron chi connectivity index (χ0n) is 14.2. The zero-order chi connectivity index (χ0) is 18.9. The highest BCUT2D eigenvalue weighted by atomic mass is 19.1. The highest BCUT2D eigenvalue weighted by Gasteiger charge is 2.16. The van der Waals surface area contributed by atoms with Crippen LogP contribution in [0.5, 0.6) is 0 Å². The van der Waals surface area contributed by atoms with Crippen molar-refractivity contribution in [2.24, 2.45) is 0 Å². The Hall–Kier alpha value is -3.20. The number of benzene rings is 1. The summed E-state index contributed by atoms with van der Waals surface area (Å²) in [5.74, 6) is -0.797. The topological polar surface area (TPSA) is 105 Å². The van der Waals surface area contributed by atoms with E-state index in [-0.39, 0.29) is 25.5 Å². The third kappa shape index (κ3) is 6.73. The number of rotatable bonds is 7. The predicted octanol–water partition coefficient (Wildman–Crippen LogP) is -0.102. The highest BCUT2D eigenvalue weighted by molar-refractivity contribution is 5.95. The van der Waals surface area contributed by atoms with Gasteiger partial charge in [-0.15, -0.1) is 0 Å². The maximum atomic E-state index is 13.1. The molecule has 0 aliphatic rings. The summed E-state index contributed by atoms with van der Waals surface area (Å²) in [7, 11) is 1.63. The van der Waals surface area contributed by atoms with Crippen LogP contribution in [0.3, 0.4) is 0 Å². The van der Waals surface area contributed by atoms with E-state index in [9.17, 15) is 18.8 Å². The number of quaternary nitrogens is 1. The second kappa shape index (κ2) is 9.33. The van der Waals surface area contributed by atoms with Crippen molar-refractivity contribution in [2.45, 2.75) is 6.54 Å². The van der Waals surface area contributed by atoms with E-state index in [2.05, 4.69) is 16.0 Å². The van der Waals surface area contributed by atoms with Gasteiger partial charge in [0.1, 0.15) is 11.6 Å². The predicted molar refractivity (Wildman–Crippen MR) is 90.7 cm³/mol. The van der Waals surface area contributed by atoms with E-state index in [0.717, 1.165) is 0 Å². The van der Waals surface area contributed by atoms with Crippen molar-refractivity contribution in [3.05, 3.63) is 54.2 Å². The van der Waals surface area contributed by atoms with Gasteiger partial charge in [-0.1, -0.05) is 6.07 Å². The molecule has 1 aromatic heterocycles. The van der Waals surface area contributed by atoms with Gasteiger partial charge in [0, 0.05) is 5.69 Å². The molecule has 1 aromatic carbocycles. The molecule has 2 aromatic rings. The van der Waals surface area contributed by atoms with Crippen molar-refractivity contribution in [3.63, 3.8) is 0 Å². The average Bonchev–Trinajstić information content (AvgIpc) is 3.05. The molecule has 0 saturated carbocycles. The number of halogens is 1. The lowest BCUT2D eigenvalue weighted by atomic mass is 10.3. The van der Waals surface area contributed by atoms with Gasteiger partial charge < -0.3 is 20.0 Å². The maximum absolute atomic E-state index is 13.1. The van der Waals surface area contributed by atoms with Gasteiger partial charge in [0.2, 0.25) is 0 Å². The Balaban J connectivity index is 1.69. The van der Waals surface area contributed by atoms with Crippen LogP contribution in [0, 0.1) is 5.82 Å². The first kappa shape index (κ1) is 19.1. The third-order valence-corrected chi connectivity index (χ3v) is 3.29. The number of amides is 4. The Morgan fingerprint density at radius 3 is 2.58 bits per heavy atom. The number of urea groups is 1. The van der Waals surface area contributed by atoms with Crippen molar-refractivity contribution in [1.82, 2.24) is 10.6 Å². The quantitative estimate of drug-likeness (QED) is 0.551. The molecule has 26 heavy (non-hydrogen) atoms. The normalized spacial score (nSPS) is 11.5. The third-order valence-electron chi connectivity index (χ3n) is 3.29. The number of anilines is 1. The number of carbonyl (C=O) groups is 3. The van der Waals surface area contributed by atoms with Crippen LogP contribution in [0.2, 0.25) is 0 Å². The molecule has 8 nitrogen and oxygen atoms in total. The number of hydrogen-bond acceptors (Lipinski definition) is 4. The smallest absolute Gasteiger partial charge is 0.321 e. The highest BCUT2D eigenvalue weighted by Crippen LogP contribution is 2.08. The van der Waals surface area contributed by atoms with Gasteiger partial charge in [-0.05, 0) is 30.3 Å². The lowest BCUT2D eigenvalue weighted by Gasteiger charge is -2.13. The second-order valence-corrected chi connectivity index (χ2v) is 5.68. The molecule has 0 aliphatic heterocycles. The van der Waals surface area contributed by atoms with Crippen LogP contribution in [0.4, 0.5) is 14.9 Å². The number of imide groups is 1. The Labute approximate surface area is 149 Å².